The molecule has 1 aliphatic heterocycles. The van der Waals surface area contributed by atoms with Crippen molar-refractivity contribution in [3.05, 3.63) is 54.1 Å². The Kier molecular flexibility index (Phi) is 16.0. The van der Waals surface area contributed by atoms with Gasteiger partial charge in [-0.05, 0) is 36.6 Å². The second kappa shape index (κ2) is 18.3. The number of hydrogen-bond donors (Lipinski definition) is 1. The van der Waals surface area contributed by atoms with Crippen molar-refractivity contribution in [2.24, 2.45) is 0 Å². The molecule has 0 aliphatic carbocycles. The zero-order chi connectivity index (χ0) is 26.3. The van der Waals surface area contributed by atoms with Gasteiger partial charge in [-0.3, -0.25) is 0 Å². The van der Waals surface area contributed by atoms with E-state index in [1.54, 1.807) is 6.07 Å². The van der Waals surface area contributed by atoms with Gasteiger partial charge in [-0.25, -0.2) is 8.42 Å². The number of fused-ring (bicyclic) bond motifs is 1. The van der Waals surface area contributed by atoms with Crippen molar-refractivity contribution in [1.82, 2.24) is 0 Å². The zero-order valence-corrected chi connectivity index (χ0v) is 26.6. The Balaban J connectivity index is 0.00000507. The summed E-state index contributed by atoms with van der Waals surface area (Å²) in [6, 6.07) is 15.0. The molecule has 2 aromatic rings. The summed E-state index contributed by atoms with van der Waals surface area (Å²) in [7, 11) is -4.47. The van der Waals surface area contributed by atoms with E-state index in [-0.39, 0.29) is 40.6 Å². The number of anilines is 2. The van der Waals surface area contributed by atoms with Crippen LogP contribution in [0.5, 0.6) is 0 Å². The van der Waals surface area contributed by atoms with Crippen molar-refractivity contribution in [2.75, 3.05) is 10.2 Å². The Morgan fingerprint density at radius 1 is 0.763 bits per heavy atom. The third-order valence-corrected chi connectivity index (χ3v) is 8.37. The SMILES string of the molecule is CCCCCCCCCCCCCCCCCC1Nc2cc(S(=O)(=O)[O-])ccc2N1Cc1ccccc1.[Na+]. The van der Waals surface area contributed by atoms with Crippen LogP contribution < -0.4 is 39.8 Å². The van der Waals surface area contributed by atoms with E-state index in [1.165, 1.54) is 108 Å². The first-order chi connectivity index (χ1) is 18.0. The largest absolute Gasteiger partial charge is 1.00 e. The van der Waals surface area contributed by atoms with E-state index in [4.69, 9.17) is 0 Å². The predicted molar refractivity (Wildman–Crippen MR) is 154 cm³/mol. The molecule has 0 bridgehead atoms. The Labute approximate surface area is 254 Å². The van der Waals surface area contributed by atoms with Gasteiger partial charge >= 0.3 is 29.6 Å². The summed E-state index contributed by atoms with van der Waals surface area (Å²) in [5.41, 5.74) is 2.90. The van der Waals surface area contributed by atoms with E-state index in [9.17, 15) is 13.0 Å². The topological polar surface area (TPSA) is 72.5 Å². The van der Waals surface area contributed by atoms with Gasteiger partial charge in [-0.1, -0.05) is 127 Å². The number of hydrogen-bond acceptors (Lipinski definition) is 5. The minimum Gasteiger partial charge on any atom is -0.744 e. The van der Waals surface area contributed by atoms with Crippen LogP contribution in [0.4, 0.5) is 11.4 Å². The van der Waals surface area contributed by atoms with Crippen LogP contribution in [0.1, 0.15) is 115 Å². The van der Waals surface area contributed by atoms with E-state index < -0.39 is 10.1 Å². The normalized spacial score (nSPS) is 14.7. The standard InChI is InChI=1S/C31H48N2O3S.Na/c1-2-3-4-5-6-7-8-9-10-11-12-13-14-15-19-22-31-32-29-25-28(37(34,35)36)23-24-30(29)33(31)26-27-20-17-16-18-21-27;/h16-18,20-21,23-25,31-32H,2-15,19,22,26H2,1H3,(H,34,35,36);/q;+1/p-1. The van der Waals surface area contributed by atoms with Crippen LogP contribution >= 0.6 is 0 Å². The number of nitrogens with one attached hydrogen (secondary N) is 1. The van der Waals surface area contributed by atoms with E-state index in [0.717, 1.165) is 30.8 Å². The molecule has 0 fully saturated rings. The second-order valence-electron chi connectivity index (χ2n) is 10.6. The zero-order valence-electron chi connectivity index (χ0n) is 23.8. The molecule has 0 amide bonds. The van der Waals surface area contributed by atoms with Gasteiger partial charge in [0.25, 0.3) is 0 Å². The molecule has 0 saturated carbocycles. The fourth-order valence-electron chi connectivity index (χ4n) is 5.37. The second-order valence-corrected chi connectivity index (χ2v) is 12.0. The monoisotopic (exact) mass is 550 g/mol. The summed E-state index contributed by atoms with van der Waals surface area (Å²) in [6.07, 6.45) is 21.3. The van der Waals surface area contributed by atoms with Crippen LogP contribution in [0.15, 0.2) is 53.4 Å². The summed E-state index contributed by atoms with van der Waals surface area (Å²) in [4.78, 5) is 2.13. The van der Waals surface area contributed by atoms with E-state index in [2.05, 4.69) is 29.3 Å². The number of benzene rings is 2. The molecule has 0 radical (unpaired) electrons. The van der Waals surface area contributed by atoms with Crippen molar-refractivity contribution in [3.8, 4) is 0 Å². The maximum absolute atomic E-state index is 11.5. The molecule has 1 unspecified atom stereocenters. The molecule has 1 aliphatic rings. The molecule has 7 heteroatoms. The quantitative estimate of drug-likeness (QED) is 0.140. The maximum Gasteiger partial charge on any atom is 1.00 e. The van der Waals surface area contributed by atoms with Gasteiger partial charge in [0.15, 0.2) is 0 Å². The minimum absolute atomic E-state index is 0. The average molecular weight is 551 g/mol. The molecule has 1 atom stereocenters. The minimum atomic E-state index is -4.47. The first-order valence-electron chi connectivity index (χ1n) is 14.7. The Morgan fingerprint density at radius 3 is 1.82 bits per heavy atom. The fraction of sp³-hybridized carbons (Fsp3) is 0.613. The molecule has 38 heavy (non-hydrogen) atoms. The van der Waals surface area contributed by atoms with Crippen LogP contribution in [-0.2, 0) is 16.7 Å². The fourth-order valence-corrected chi connectivity index (χ4v) is 5.87. The van der Waals surface area contributed by atoms with Crippen LogP contribution in [0, 0.1) is 0 Å². The first kappa shape index (κ1) is 33.2. The summed E-state index contributed by atoms with van der Waals surface area (Å²) < 4.78 is 34.6. The molecular weight excluding hydrogens is 503 g/mol. The summed E-state index contributed by atoms with van der Waals surface area (Å²) in [5, 5.41) is 3.49. The molecule has 3 rings (SSSR count). The van der Waals surface area contributed by atoms with E-state index >= 15 is 0 Å². The molecule has 1 heterocycles. The smallest absolute Gasteiger partial charge is 0.744 e. The summed E-state index contributed by atoms with van der Waals surface area (Å²) >= 11 is 0. The predicted octanol–water partition coefficient (Wildman–Crippen LogP) is 5.61. The average Bonchev–Trinajstić information content (AvgIpc) is 3.23. The van der Waals surface area contributed by atoms with Crippen molar-refractivity contribution < 1.29 is 42.5 Å². The third-order valence-electron chi connectivity index (χ3n) is 7.54. The molecule has 0 aromatic heterocycles. The van der Waals surface area contributed by atoms with Gasteiger partial charge in [0.2, 0.25) is 0 Å². The van der Waals surface area contributed by atoms with Crippen molar-refractivity contribution in [3.63, 3.8) is 0 Å². The molecular formula is C31H47N2NaO3S. The van der Waals surface area contributed by atoms with Gasteiger partial charge in [0.1, 0.15) is 10.1 Å². The third kappa shape index (κ3) is 11.6. The van der Waals surface area contributed by atoms with Crippen molar-refractivity contribution in [2.45, 2.75) is 127 Å². The van der Waals surface area contributed by atoms with Gasteiger partial charge in [0, 0.05) is 6.54 Å². The van der Waals surface area contributed by atoms with Crippen LogP contribution in [0.2, 0.25) is 0 Å². The molecule has 5 nitrogen and oxygen atoms in total. The number of unbranched alkanes of at least 4 members (excludes halogenated alkanes) is 14. The Morgan fingerprint density at radius 2 is 1.29 bits per heavy atom. The molecule has 0 spiro atoms. The Hall–Kier alpha value is -1.05. The maximum atomic E-state index is 11.5. The van der Waals surface area contributed by atoms with Gasteiger partial charge in [-0.15, -0.1) is 0 Å². The van der Waals surface area contributed by atoms with Crippen LogP contribution in [0.25, 0.3) is 0 Å². The van der Waals surface area contributed by atoms with Crippen molar-refractivity contribution in [1.29, 1.82) is 0 Å². The first-order valence-corrected chi connectivity index (χ1v) is 16.1. The van der Waals surface area contributed by atoms with E-state index in [0.29, 0.717) is 0 Å². The Bertz CT molecular complexity index is 1020. The van der Waals surface area contributed by atoms with Gasteiger partial charge in [0.05, 0.1) is 22.4 Å². The number of nitrogens with zero attached hydrogens (tertiary/aromatic N) is 1. The molecule has 2 aromatic carbocycles. The summed E-state index contributed by atoms with van der Waals surface area (Å²) in [6.45, 7) is 3.02. The number of rotatable bonds is 19. The van der Waals surface area contributed by atoms with Crippen LogP contribution in [-0.4, -0.2) is 19.1 Å². The molecule has 0 saturated heterocycles. The van der Waals surface area contributed by atoms with Gasteiger partial charge in [-0.2, -0.15) is 0 Å². The summed E-state index contributed by atoms with van der Waals surface area (Å²) in [5.74, 6) is 0. The van der Waals surface area contributed by atoms with Gasteiger partial charge < -0.3 is 14.8 Å². The molecule has 206 valence electrons. The van der Waals surface area contributed by atoms with Crippen LogP contribution in [0.3, 0.4) is 0 Å². The molecule has 1 N–H and O–H groups in total. The van der Waals surface area contributed by atoms with Crippen molar-refractivity contribution >= 4 is 21.5 Å². The van der Waals surface area contributed by atoms with E-state index in [1.807, 2.05) is 18.2 Å².